The van der Waals surface area contributed by atoms with Crippen molar-refractivity contribution < 1.29 is 9.47 Å². The zero-order chi connectivity index (χ0) is 20.5. The molecule has 0 fully saturated rings. The van der Waals surface area contributed by atoms with Crippen LogP contribution in [0.25, 0.3) is 27.7 Å². The van der Waals surface area contributed by atoms with Gasteiger partial charge in [-0.15, -0.1) is 0 Å². The lowest BCUT2D eigenvalue weighted by atomic mass is 9.95. The van der Waals surface area contributed by atoms with Crippen LogP contribution in [-0.2, 0) is 0 Å². The fourth-order valence-electron chi connectivity index (χ4n) is 3.41. The highest BCUT2D eigenvalue weighted by Crippen LogP contribution is 2.42. The summed E-state index contributed by atoms with van der Waals surface area (Å²) in [5.74, 6) is 1.27. The second-order valence-electron chi connectivity index (χ2n) is 6.43. The van der Waals surface area contributed by atoms with Crippen LogP contribution in [-0.4, -0.2) is 33.7 Å². The molecular formula is C21H19N5O3. The number of benzene rings is 2. The molecule has 0 radical (unpaired) electrons. The first-order valence-electron chi connectivity index (χ1n) is 8.84. The Hall–Kier alpha value is -3.94. The van der Waals surface area contributed by atoms with Crippen molar-refractivity contribution in [3.05, 3.63) is 65.1 Å². The van der Waals surface area contributed by atoms with Gasteiger partial charge in [0.25, 0.3) is 0 Å². The van der Waals surface area contributed by atoms with Crippen molar-refractivity contribution in [1.82, 2.24) is 19.5 Å². The van der Waals surface area contributed by atoms with Crippen LogP contribution < -0.4 is 20.9 Å². The fraction of sp³-hybridized carbons (Fsp3) is 0.143. The van der Waals surface area contributed by atoms with Gasteiger partial charge < -0.3 is 15.2 Å². The number of hydrogen-bond donors (Lipinski definition) is 1. The molecule has 2 N–H and O–H groups in total. The number of fused-ring (bicyclic) bond motifs is 1. The normalized spacial score (nSPS) is 10.9. The summed E-state index contributed by atoms with van der Waals surface area (Å²) in [5, 5.41) is 0.875. The van der Waals surface area contributed by atoms with Crippen LogP contribution >= 0.6 is 0 Å². The molecule has 4 aromatic rings. The summed E-state index contributed by atoms with van der Waals surface area (Å²) in [5.41, 5.74) is 9.04. The second kappa shape index (κ2) is 7.23. The standard InChI is InChI=1S/C21H19N5O3/c1-12-16(28-2)9-17(29-3)20(26-7-6-18(22)25-21(26)27)19(12)13-4-5-15-14(8-13)10-23-11-24-15/h4-11H,1-3H3,(H2,22,25,27). The van der Waals surface area contributed by atoms with Crippen molar-refractivity contribution in [2.45, 2.75) is 6.92 Å². The molecule has 0 aliphatic heterocycles. The minimum Gasteiger partial charge on any atom is -0.496 e. The van der Waals surface area contributed by atoms with E-state index < -0.39 is 5.69 Å². The molecule has 0 amide bonds. The van der Waals surface area contributed by atoms with E-state index in [4.69, 9.17) is 15.2 Å². The molecule has 0 saturated carbocycles. The highest BCUT2D eigenvalue weighted by atomic mass is 16.5. The average Bonchev–Trinajstić information content (AvgIpc) is 2.73. The van der Waals surface area contributed by atoms with E-state index in [0.717, 1.165) is 27.6 Å². The third kappa shape index (κ3) is 3.14. The molecule has 0 unspecified atom stereocenters. The van der Waals surface area contributed by atoms with Crippen LogP contribution in [0.3, 0.4) is 0 Å². The summed E-state index contributed by atoms with van der Waals surface area (Å²) in [4.78, 5) is 24.9. The molecule has 2 aromatic carbocycles. The van der Waals surface area contributed by atoms with Gasteiger partial charge in [0.15, 0.2) is 0 Å². The minimum absolute atomic E-state index is 0.153. The maximum absolute atomic E-state index is 12.6. The van der Waals surface area contributed by atoms with Gasteiger partial charge in [-0.3, -0.25) is 4.57 Å². The van der Waals surface area contributed by atoms with Crippen molar-refractivity contribution in [2.24, 2.45) is 0 Å². The van der Waals surface area contributed by atoms with E-state index in [1.807, 2.05) is 25.1 Å². The Kier molecular flexibility index (Phi) is 4.59. The van der Waals surface area contributed by atoms with Crippen LogP contribution in [0.15, 0.2) is 53.8 Å². The number of rotatable bonds is 4. The molecule has 8 heteroatoms. The number of methoxy groups -OCH3 is 2. The Balaban J connectivity index is 2.11. The molecule has 146 valence electrons. The van der Waals surface area contributed by atoms with Crippen LogP contribution in [0.1, 0.15) is 5.56 Å². The highest BCUT2D eigenvalue weighted by molar-refractivity contribution is 5.89. The first-order chi connectivity index (χ1) is 14.0. The van der Waals surface area contributed by atoms with Gasteiger partial charge >= 0.3 is 5.69 Å². The van der Waals surface area contributed by atoms with Crippen molar-refractivity contribution in [3.8, 4) is 28.3 Å². The molecule has 4 rings (SSSR count). The molecule has 8 nitrogen and oxygen atoms in total. The zero-order valence-electron chi connectivity index (χ0n) is 16.2. The minimum atomic E-state index is -0.502. The summed E-state index contributed by atoms with van der Waals surface area (Å²) >= 11 is 0. The summed E-state index contributed by atoms with van der Waals surface area (Å²) in [6, 6.07) is 9.14. The van der Waals surface area contributed by atoms with E-state index in [1.165, 1.54) is 10.9 Å². The third-order valence-electron chi connectivity index (χ3n) is 4.78. The van der Waals surface area contributed by atoms with Gasteiger partial charge in [0.05, 0.1) is 19.7 Å². The van der Waals surface area contributed by atoms with Crippen molar-refractivity contribution in [2.75, 3.05) is 20.0 Å². The molecule has 0 aliphatic carbocycles. The van der Waals surface area contributed by atoms with Crippen molar-refractivity contribution >= 4 is 16.7 Å². The molecule has 2 aromatic heterocycles. The largest absolute Gasteiger partial charge is 0.496 e. The van der Waals surface area contributed by atoms with Crippen LogP contribution in [0.4, 0.5) is 5.82 Å². The van der Waals surface area contributed by atoms with Gasteiger partial charge in [0.2, 0.25) is 0 Å². The SMILES string of the molecule is COc1cc(OC)c(-n2ccc(N)nc2=O)c(-c2ccc3ncncc3c2)c1C. The van der Waals surface area contributed by atoms with E-state index in [9.17, 15) is 4.79 Å². The predicted molar refractivity (Wildman–Crippen MR) is 111 cm³/mol. The second-order valence-corrected chi connectivity index (χ2v) is 6.43. The summed E-state index contributed by atoms with van der Waals surface area (Å²) in [7, 11) is 3.14. The topological polar surface area (TPSA) is 105 Å². The van der Waals surface area contributed by atoms with Crippen LogP contribution in [0, 0.1) is 6.92 Å². The van der Waals surface area contributed by atoms with E-state index in [-0.39, 0.29) is 5.82 Å². The van der Waals surface area contributed by atoms with Gasteiger partial charge in [-0.2, -0.15) is 4.98 Å². The Bertz CT molecular complexity index is 1280. The summed E-state index contributed by atoms with van der Waals surface area (Å²) in [6.45, 7) is 1.93. The van der Waals surface area contributed by atoms with E-state index in [2.05, 4.69) is 15.0 Å². The quantitative estimate of drug-likeness (QED) is 0.572. The zero-order valence-corrected chi connectivity index (χ0v) is 16.2. The number of nitrogens with zero attached hydrogens (tertiary/aromatic N) is 4. The smallest absolute Gasteiger partial charge is 0.354 e. The van der Waals surface area contributed by atoms with Gasteiger partial charge in [0.1, 0.15) is 29.3 Å². The number of nitrogen functional groups attached to an aromatic ring is 1. The average molecular weight is 389 g/mol. The van der Waals surface area contributed by atoms with Crippen molar-refractivity contribution in [1.29, 1.82) is 0 Å². The Morgan fingerprint density at radius 2 is 1.86 bits per heavy atom. The van der Waals surface area contributed by atoms with Gasteiger partial charge in [-0.1, -0.05) is 6.07 Å². The highest BCUT2D eigenvalue weighted by Gasteiger charge is 2.21. The molecule has 0 bridgehead atoms. The lowest BCUT2D eigenvalue weighted by molar-refractivity contribution is 0.391. The number of anilines is 1. The van der Waals surface area contributed by atoms with Crippen LogP contribution in [0.5, 0.6) is 11.5 Å². The van der Waals surface area contributed by atoms with Gasteiger partial charge in [-0.25, -0.2) is 14.8 Å². The van der Waals surface area contributed by atoms with E-state index in [1.54, 1.807) is 38.7 Å². The molecular weight excluding hydrogens is 370 g/mol. The number of ether oxygens (including phenoxy) is 2. The third-order valence-corrected chi connectivity index (χ3v) is 4.78. The van der Waals surface area contributed by atoms with Crippen LogP contribution in [0.2, 0.25) is 0 Å². The lowest BCUT2D eigenvalue weighted by Gasteiger charge is -2.20. The Labute approximate surface area is 166 Å². The molecule has 0 spiro atoms. The summed E-state index contributed by atoms with van der Waals surface area (Å²) in [6.07, 6.45) is 4.84. The number of nitrogens with two attached hydrogens (primary N) is 1. The first-order valence-corrected chi connectivity index (χ1v) is 8.84. The molecule has 0 atom stereocenters. The van der Waals surface area contributed by atoms with Gasteiger partial charge in [0, 0.05) is 35.0 Å². The monoisotopic (exact) mass is 389 g/mol. The maximum atomic E-state index is 12.6. The first kappa shape index (κ1) is 18.4. The molecule has 29 heavy (non-hydrogen) atoms. The van der Waals surface area contributed by atoms with E-state index >= 15 is 0 Å². The molecule has 0 saturated heterocycles. The van der Waals surface area contributed by atoms with Gasteiger partial charge in [-0.05, 0) is 30.7 Å². The van der Waals surface area contributed by atoms with Crippen molar-refractivity contribution in [3.63, 3.8) is 0 Å². The number of hydrogen-bond acceptors (Lipinski definition) is 7. The Morgan fingerprint density at radius 1 is 1.07 bits per heavy atom. The summed E-state index contributed by atoms with van der Waals surface area (Å²) < 4.78 is 12.6. The molecule has 2 heterocycles. The van der Waals surface area contributed by atoms with E-state index in [0.29, 0.717) is 17.2 Å². The predicted octanol–water partition coefficient (Wildman–Crippen LogP) is 2.75. The molecule has 0 aliphatic rings. The number of aromatic nitrogens is 4. The lowest BCUT2D eigenvalue weighted by Crippen LogP contribution is -2.23. The fourth-order valence-corrected chi connectivity index (χ4v) is 3.41. The maximum Gasteiger partial charge on any atom is 0.354 e. The Morgan fingerprint density at radius 3 is 2.59 bits per heavy atom.